The van der Waals surface area contributed by atoms with Crippen molar-refractivity contribution in [2.24, 2.45) is 0 Å². The maximum atomic E-state index is 12.6. The van der Waals surface area contributed by atoms with Gasteiger partial charge in [0, 0.05) is 56.5 Å². The zero-order chi connectivity index (χ0) is 18.0. The van der Waals surface area contributed by atoms with E-state index >= 15 is 0 Å². The molecule has 3 aliphatic heterocycles. The van der Waals surface area contributed by atoms with Gasteiger partial charge in [-0.05, 0) is 52.0 Å². The molecule has 6 nitrogen and oxygen atoms in total. The van der Waals surface area contributed by atoms with Gasteiger partial charge >= 0.3 is 0 Å². The third-order valence-corrected chi connectivity index (χ3v) is 6.51. The van der Waals surface area contributed by atoms with Crippen LogP contribution in [-0.4, -0.2) is 63.4 Å². The summed E-state index contributed by atoms with van der Waals surface area (Å²) < 4.78 is 7.82. The average molecular weight is 361 g/mol. The van der Waals surface area contributed by atoms with Crippen LogP contribution in [0, 0.1) is 0 Å². The van der Waals surface area contributed by atoms with Crippen molar-refractivity contribution in [3.05, 3.63) is 18.0 Å². The van der Waals surface area contributed by atoms with Crippen LogP contribution < -0.4 is 0 Å². The molecule has 0 aliphatic carbocycles. The summed E-state index contributed by atoms with van der Waals surface area (Å²) in [4.78, 5) is 17.4. The minimum atomic E-state index is 0.0748. The van der Waals surface area contributed by atoms with Gasteiger partial charge in [-0.25, -0.2) is 0 Å². The SMILES string of the molecule is CCn1cc(CN2CCCC3(CCC(=O)N3CC3CCCO3)CC2)cn1. The lowest BCUT2D eigenvalue weighted by Crippen LogP contribution is -2.49. The number of rotatable bonds is 5. The molecule has 3 aliphatic rings. The van der Waals surface area contributed by atoms with Crippen molar-refractivity contribution in [1.82, 2.24) is 19.6 Å². The zero-order valence-electron chi connectivity index (χ0n) is 16.0. The Labute approximate surface area is 156 Å². The summed E-state index contributed by atoms with van der Waals surface area (Å²) >= 11 is 0. The van der Waals surface area contributed by atoms with Crippen molar-refractivity contribution >= 4 is 5.91 Å². The fraction of sp³-hybridized carbons (Fsp3) is 0.800. The molecule has 1 amide bonds. The zero-order valence-corrected chi connectivity index (χ0v) is 16.0. The molecule has 144 valence electrons. The number of hydrogen-bond donors (Lipinski definition) is 0. The van der Waals surface area contributed by atoms with Crippen LogP contribution in [0.25, 0.3) is 0 Å². The molecule has 0 radical (unpaired) electrons. The molecule has 1 spiro atoms. The van der Waals surface area contributed by atoms with Crippen LogP contribution in [0.2, 0.25) is 0 Å². The standard InChI is InChI=1S/C20H32N4O2/c1-2-23-15-17(13-21-23)14-22-10-4-7-20(9-11-22)8-6-19(25)24(20)16-18-5-3-12-26-18/h13,15,18H,2-12,14,16H2,1H3. The van der Waals surface area contributed by atoms with E-state index in [1.165, 1.54) is 5.56 Å². The van der Waals surface area contributed by atoms with E-state index < -0.39 is 0 Å². The van der Waals surface area contributed by atoms with Crippen molar-refractivity contribution in [2.75, 3.05) is 26.2 Å². The Morgan fingerprint density at radius 1 is 1.27 bits per heavy atom. The summed E-state index contributed by atoms with van der Waals surface area (Å²) in [6.45, 7) is 7.85. The Bertz CT molecular complexity index is 625. The molecule has 3 saturated heterocycles. The van der Waals surface area contributed by atoms with Gasteiger partial charge in [-0.1, -0.05) is 0 Å². The van der Waals surface area contributed by atoms with E-state index in [0.717, 1.165) is 84.3 Å². The number of ether oxygens (including phenoxy) is 1. The minimum Gasteiger partial charge on any atom is -0.376 e. The Morgan fingerprint density at radius 2 is 2.19 bits per heavy atom. The molecule has 1 aromatic rings. The summed E-state index contributed by atoms with van der Waals surface area (Å²) in [5, 5.41) is 4.40. The fourth-order valence-electron chi connectivity index (χ4n) is 4.99. The lowest BCUT2D eigenvalue weighted by Gasteiger charge is -2.39. The highest BCUT2D eigenvalue weighted by atomic mass is 16.5. The van der Waals surface area contributed by atoms with Crippen LogP contribution in [0.1, 0.15) is 57.4 Å². The van der Waals surface area contributed by atoms with E-state index in [2.05, 4.69) is 28.0 Å². The fourth-order valence-corrected chi connectivity index (χ4v) is 4.99. The van der Waals surface area contributed by atoms with Gasteiger partial charge in [-0.3, -0.25) is 14.4 Å². The largest absolute Gasteiger partial charge is 0.376 e. The van der Waals surface area contributed by atoms with Gasteiger partial charge < -0.3 is 9.64 Å². The van der Waals surface area contributed by atoms with Crippen LogP contribution in [0.3, 0.4) is 0 Å². The van der Waals surface area contributed by atoms with Crippen molar-refractivity contribution in [3.8, 4) is 0 Å². The predicted octanol–water partition coefficient (Wildman–Crippen LogP) is 2.43. The number of aromatic nitrogens is 2. The van der Waals surface area contributed by atoms with Gasteiger partial charge in [0.05, 0.1) is 12.3 Å². The molecule has 0 N–H and O–H groups in total. The number of aryl methyl sites for hydroxylation is 1. The summed E-state index contributed by atoms with van der Waals surface area (Å²) in [7, 11) is 0. The Morgan fingerprint density at radius 3 is 2.96 bits per heavy atom. The molecule has 0 bridgehead atoms. The Hall–Kier alpha value is -1.40. The number of carbonyl (C=O) groups is 1. The molecule has 0 aromatic carbocycles. The normalized spacial score (nSPS) is 30.4. The molecule has 3 fully saturated rings. The van der Waals surface area contributed by atoms with E-state index in [9.17, 15) is 4.79 Å². The highest BCUT2D eigenvalue weighted by Crippen LogP contribution is 2.40. The van der Waals surface area contributed by atoms with Crippen LogP contribution in [0.4, 0.5) is 0 Å². The Balaban J connectivity index is 1.40. The van der Waals surface area contributed by atoms with Gasteiger partial charge in [-0.2, -0.15) is 5.10 Å². The lowest BCUT2D eigenvalue weighted by atomic mass is 9.87. The van der Waals surface area contributed by atoms with Gasteiger partial charge in [0.1, 0.15) is 0 Å². The third-order valence-electron chi connectivity index (χ3n) is 6.51. The number of carbonyl (C=O) groups excluding carboxylic acids is 1. The second-order valence-corrected chi connectivity index (χ2v) is 8.20. The smallest absolute Gasteiger partial charge is 0.223 e. The minimum absolute atomic E-state index is 0.0748. The van der Waals surface area contributed by atoms with E-state index in [4.69, 9.17) is 4.74 Å². The number of nitrogens with zero attached hydrogens (tertiary/aromatic N) is 4. The molecule has 6 heteroatoms. The summed E-state index contributed by atoms with van der Waals surface area (Å²) in [6.07, 6.45) is 11.8. The van der Waals surface area contributed by atoms with Crippen LogP contribution in [0.15, 0.2) is 12.4 Å². The summed E-state index contributed by atoms with van der Waals surface area (Å²) in [5.41, 5.74) is 1.37. The van der Waals surface area contributed by atoms with Crippen molar-refractivity contribution in [1.29, 1.82) is 0 Å². The second kappa shape index (κ2) is 7.69. The van der Waals surface area contributed by atoms with Gasteiger partial charge in [0.25, 0.3) is 0 Å². The topological polar surface area (TPSA) is 50.6 Å². The van der Waals surface area contributed by atoms with E-state index in [1.54, 1.807) is 0 Å². The number of likely N-dealkylation sites (tertiary alicyclic amines) is 2. The molecule has 1 aromatic heterocycles. The average Bonchev–Trinajstić information content (AvgIpc) is 3.34. The Kier molecular flexibility index (Phi) is 5.32. The van der Waals surface area contributed by atoms with Crippen molar-refractivity contribution in [3.63, 3.8) is 0 Å². The van der Waals surface area contributed by atoms with E-state index in [1.807, 2.05) is 10.9 Å². The third kappa shape index (κ3) is 3.67. The maximum absolute atomic E-state index is 12.6. The van der Waals surface area contributed by atoms with Crippen molar-refractivity contribution in [2.45, 2.75) is 76.6 Å². The first-order chi connectivity index (χ1) is 12.7. The summed E-state index contributed by atoms with van der Waals surface area (Å²) in [6, 6.07) is 0. The maximum Gasteiger partial charge on any atom is 0.223 e. The first kappa shape index (κ1) is 18.0. The molecule has 26 heavy (non-hydrogen) atoms. The van der Waals surface area contributed by atoms with Crippen LogP contribution in [0.5, 0.6) is 0 Å². The molecule has 4 heterocycles. The first-order valence-electron chi connectivity index (χ1n) is 10.3. The first-order valence-corrected chi connectivity index (χ1v) is 10.3. The van der Waals surface area contributed by atoms with Crippen LogP contribution in [-0.2, 0) is 22.6 Å². The van der Waals surface area contributed by atoms with Gasteiger partial charge in [0.15, 0.2) is 0 Å². The second-order valence-electron chi connectivity index (χ2n) is 8.20. The van der Waals surface area contributed by atoms with E-state index in [0.29, 0.717) is 5.91 Å². The van der Waals surface area contributed by atoms with Gasteiger partial charge in [0.2, 0.25) is 5.91 Å². The van der Waals surface area contributed by atoms with Crippen molar-refractivity contribution < 1.29 is 9.53 Å². The van der Waals surface area contributed by atoms with E-state index in [-0.39, 0.29) is 11.6 Å². The number of amides is 1. The lowest BCUT2D eigenvalue weighted by molar-refractivity contribution is -0.133. The molecule has 2 atom stereocenters. The molecule has 4 rings (SSSR count). The highest BCUT2D eigenvalue weighted by Gasteiger charge is 2.46. The summed E-state index contributed by atoms with van der Waals surface area (Å²) in [5.74, 6) is 0.346. The molecule has 2 unspecified atom stereocenters. The number of hydrogen-bond acceptors (Lipinski definition) is 4. The quantitative estimate of drug-likeness (QED) is 0.809. The predicted molar refractivity (Wildman–Crippen MR) is 99.7 cm³/mol. The monoisotopic (exact) mass is 360 g/mol. The highest BCUT2D eigenvalue weighted by molar-refractivity contribution is 5.79. The molecule has 0 saturated carbocycles. The molecular weight excluding hydrogens is 328 g/mol. The molecular formula is C20H32N4O2. The van der Waals surface area contributed by atoms with Gasteiger partial charge in [-0.15, -0.1) is 0 Å². The van der Waals surface area contributed by atoms with Crippen LogP contribution >= 0.6 is 0 Å².